The van der Waals surface area contributed by atoms with Crippen molar-refractivity contribution in [1.82, 2.24) is 4.98 Å². The minimum Gasteiger partial charge on any atom is -0.370 e. The molecule has 0 aliphatic carbocycles. The normalized spacial score (nSPS) is 11.8. The Morgan fingerprint density at radius 3 is 3.00 bits per heavy atom. The average molecular weight is 253 g/mol. The molecule has 1 aromatic heterocycles. The lowest BCUT2D eigenvalue weighted by molar-refractivity contribution is 0.755. The van der Waals surface area contributed by atoms with Crippen LogP contribution in [0.3, 0.4) is 0 Å². The van der Waals surface area contributed by atoms with Crippen molar-refractivity contribution in [1.29, 1.82) is 0 Å². The molecular formula is C11H13BrN2. The van der Waals surface area contributed by atoms with Gasteiger partial charge in [-0.1, -0.05) is 19.3 Å². The maximum absolute atomic E-state index is 5.40. The minimum atomic E-state index is 0.0936. The van der Waals surface area contributed by atoms with Crippen molar-refractivity contribution in [2.24, 2.45) is 0 Å². The number of pyridine rings is 1. The van der Waals surface area contributed by atoms with Gasteiger partial charge in [0.15, 0.2) is 0 Å². The summed E-state index contributed by atoms with van der Waals surface area (Å²) in [6, 6.07) is 2.06. The van der Waals surface area contributed by atoms with Gasteiger partial charge in [-0.05, 0) is 28.4 Å². The van der Waals surface area contributed by atoms with E-state index < -0.39 is 0 Å². The number of nitrogens with zero attached hydrogens (tertiary/aromatic N) is 1. The molecule has 74 valence electrons. The summed E-state index contributed by atoms with van der Waals surface area (Å²) in [7, 11) is 0. The zero-order valence-corrected chi connectivity index (χ0v) is 9.71. The summed E-state index contributed by atoms with van der Waals surface area (Å²) in [5.74, 6) is 2.72. The van der Waals surface area contributed by atoms with Gasteiger partial charge in [0.2, 0.25) is 0 Å². The van der Waals surface area contributed by atoms with Crippen molar-refractivity contribution in [2.45, 2.75) is 25.8 Å². The molecule has 0 aliphatic rings. The van der Waals surface area contributed by atoms with E-state index in [1.54, 1.807) is 12.4 Å². The van der Waals surface area contributed by atoms with Crippen molar-refractivity contribution in [3.63, 3.8) is 0 Å². The highest BCUT2D eigenvalue weighted by atomic mass is 79.9. The Balaban J connectivity index is 2.63. The summed E-state index contributed by atoms with van der Waals surface area (Å²) < 4.78 is 0.953. The van der Waals surface area contributed by atoms with E-state index in [1.807, 2.05) is 6.07 Å². The molecule has 1 atom stereocenters. The predicted octanol–water partition coefficient (Wildman–Crippen LogP) is 3.06. The van der Waals surface area contributed by atoms with E-state index in [1.165, 1.54) is 0 Å². The van der Waals surface area contributed by atoms with E-state index in [9.17, 15) is 0 Å². The second kappa shape index (κ2) is 5.66. The van der Waals surface area contributed by atoms with Crippen molar-refractivity contribution in [2.75, 3.05) is 5.32 Å². The van der Waals surface area contributed by atoms with Crippen LogP contribution in [0.15, 0.2) is 22.9 Å². The van der Waals surface area contributed by atoms with E-state index in [0.29, 0.717) is 0 Å². The Labute approximate surface area is 93.3 Å². The van der Waals surface area contributed by atoms with E-state index in [2.05, 4.69) is 39.1 Å². The van der Waals surface area contributed by atoms with Gasteiger partial charge in [0.25, 0.3) is 0 Å². The third-order valence-corrected chi connectivity index (χ3v) is 2.26. The lowest BCUT2D eigenvalue weighted by Crippen LogP contribution is -2.16. The fourth-order valence-electron chi connectivity index (χ4n) is 1.18. The first-order valence-electron chi connectivity index (χ1n) is 4.59. The van der Waals surface area contributed by atoms with Gasteiger partial charge >= 0.3 is 0 Å². The van der Waals surface area contributed by atoms with Crippen LogP contribution < -0.4 is 5.32 Å². The highest BCUT2D eigenvalue weighted by Crippen LogP contribution is 2.15. The largest absolute Gasteiger partial charge is 0.370 e. The van der Waals surface area contributed by atoms with Crippen LogP contribution in [0.25, 0.3) is 0 Å². The van der Waals surface area contributed by atoms with Crippen LogP contribution in [-0.2, 0) is 0 Å². The number of hydrogen-bond donors (Lipinski definition) is 1. The van der Waals surface area contributed by atoms with E-state index >= 15 is 0 Å². The minimum absolute atomic E-state index is 0.0936. The van der Waals surface area contributed by atoms with Crippen molar-refractivity contribution < 1.29 is 0 Å². The van der Waals surface area contributed by atoms with Gasteiger partial charge in [-0.3, -0.25) is 4.98 Å². The van der Waals surface area contributed by atoms with E-state index in [4.69, 9.17) is 6.42 Å². The van der Waals surface area contributed by atoms with Gasteiger partial charge in [-0.15, -0.1) is 6.42 Å². The number of nitrogens with one attached hydrogen (secondary N) is 1. The third-order valence-electron chi connectivity index (χ3n) is 1.82. The molecule has 1 unspecified atom stereocenters. The summed E-state index contributed by atoms with van der Waals surface area (Å²) in [5.41, 5.74) is 0.954. The first kappa shape index (κ1) is 11.1. The summed E-state index contributed by atoms with van der Waals surface area (Å²) in [6.45, 7) is 2.12. The fourth-order valence-corrected chi connectivity index (χ4v) is 1.54. The Morgan fingerprint density at radius 2 is 2.43 bits per heavy atom. The van der Waals surface area contributed by atoms with Crippen LogP contribution in [0.1, 0.15) is 19.8 Å². The molecule has 0 fully saturated rings. The van der Waals surface area contributed by atoms with Crippen LogP contribution >= 0.6 is 15.9 Å². The summed E-state index contributed by atoms with van der Waals surface area (Å²) in [6.07, 6.45) is 11.0. The van der Waals surface area contributed by atoms with Crippen LogP contribution in [0.4, 0.5) is 5.69 Å². The monoisotopic (exact) mass is 252 g/mol. The lowest BCUT2D eigenvalue weighted by Gasteiger charge is -2.12. The van der Waals surface area contributed by atoms with Gasteiger partial charge in [0.1, 0.15) is 0 Å². The van der Waals surface area contributed by atoms with Crippen LogP contribution in [0.5, 0.6) is 0 Å². The zero-order chi connectivity index (χ0) is 10.4. The Hall–Kier alpha value is -1.01. The van der Waals surface area contributed by atoms with Crippen molar-refractivity contribution >= 4 is 21.6 Å². The summed E-state index contributed by atoms with van der Waals surface area (Å²) in [5, 5.41) is 3.24. The zero-order valence-electron chi connectivity index (χ0n) is 8.13. The Kier molecular flexibility index (Phi) is 4.48. The number of terminal acetylenes is 1. The van der Waals surface area contributed by atoms with Gasteiger partial charge in [0, 0.05) is 10.7 Å². The molecule has 14 heavy (non-hydrogen) atoms. The quantitative estimate of drug-likeness (QED) is 0.834. The second-order valence-electron chi connectivity index (χ2n) is 3.04. The molecule has 0 amide bonds. The highest BCUT2D eigenvalue weighted by molar-refractivity contribution is 9.10. The first-order valence-corrected chi connectivity index (χ1v) is 5.38. The molecule has 1 N–H and O–H groups in total. The molecule has 1 aromatic rings. The maximum Gasteiger partial charge on any atom is 0.0874 e. The molecule has 1 rings (SSSR count). The molecule has 0 saturated heterocycles. The molecule has 0 aromatic carbocycles. The van der Waals surface area contributed by atoms with Gasteiger partial charge in [-0.2, -0.15) is 0 Å². The maximum atomic E-state index is 5.40. The van der Waals surface area contributed by atoms with Crippen molar-refractivity contribution in [3.8, 4) is 12.3 Å². The molecule has 0 radical (unpaired) electrons. The van der Waals surface area contributed by atoms with E-state index in [0.717, 1.165) is 23.0 Å². The molecule has 0 spiro atoms. The molecule has 3 heteroatoms. The SMILES string of the molecule is C#CC(CCC)Nc1cncc(Br)c1. The van der Waals surface area contributed by atoms with Crippen LogP contribution in [0, 0.1) is 12.3 Å². The fraction of sp³-hybridized carbons (Fsp3) is 0.364. The number of rotatable bonds is 4. The summed E-state index contributed by atoms with van der Waals surface area (Å²) in [4.78, 5) is 4.05. The molecule has 0 saturated carbocycles. The van der Waals surface area contributed by atoms with Crippen molar-refractivity contribution in [3.05, 3.63) is 22.9 Å². The highest BCUT2D eigenvalue weighted by Gasteiger charge is 2.03. The van der Waals surface area contributed by atoms with Crippen LogP contribution in [-0.4, -0.2) is 11.0 Å². The topological polar surface area (TPSA) is 24.9 Å². The lowest BCUT2D eigenvalue weighted by atomic mass is 10.2. The van der Waals surface area contributed by atoms with Crippen LogP contribution in [0.2, 0.25) is 0 Å². The number of halogens is 1. The van der Waals surface area contributed by atoms with Gasteiger partial charge in [0.05, 0.1) is 17.9 Å². The predicted molar refractivity (Wildman–Crippen MR) is 63.1 cm³/mol. The molecule has 2 nitrogen and oxygen atoms in total. The summed E-state index contributed by atoms with van der Waals surface area (Å²) >= 11 is 3.36. The van der Waals surface area contributed by atoms with Gasteiger partial charge < -0.3 is 5.32 Å². The average Bonchev–Trinajstić information content (AvgIpc) is 2.17. The van der Waals surface area contributed by atoms with E-state index in [-0.39, 0.29) is 6.04 Å². The molecule has 0 bridgehead atoms. The molecule has 1 heterocycles. The number of anilines is 1. The third kappa shape index (κ3) is 3.39. The first-order chi connectivity index (χ1) is 6.76. The molecule has 0 aliphatic heterocycles. The standard InChI is InChI=1S/C11H13BrN2/c1-3-5-10(4-2)14-11-6-9(12)7-13-8-11/h2,6-8,10,14H,3,5H2,1H3. The Morgan fingerprint density at radius 1 is 1.64 bits per heavy atom. The second-order valence-corrected chi connectivity index (χ2v) is 3.96. The van der Waals surface area contributed by atoms with Gasteiger partial charge in [-0.25, -0.2) is 0 Å². The number of hydrogen-bond acceptors (Lipinski definition) is 2. The Bertz CT molecular complexity index is 330. The smallest absolute Gasteiger partial charge is 0.0874 e. The number of aromatic nitrogens is 1. The molecular weight excluding hydrogens is 240 g/mol.